The Morgan fingerprint density at radius 2 is 1.95 bits per heavy atom. The van der Waals surface area contributed by atoms with Gasteiger partial charge < -0.3 is 10.6 Å². The Hall–Kier alpha value is -2.51. The van der Waals surface area contributed by atoms with Crippen LogP contribution in [0.15, 0.2) is 18.2 Å². The van der Waals surface area contributed by atoms with Crippen LogP contribution < -0.4 is 5.73 Å². The van der Waals surface area contributed by atoms with Crippen molar-refractivity contribution in [3.8, 4) is 0 Å². The summed E-state index contributed by atoms with van der Waals surface area (Å²) in [5.74, 6) is -2.13. The van der Waals surface area contributed by atoms with Crippen molar-refractivity contribution in [2.75, 3.05) is 13.1 Å². The first kappa shape index (κ1) is 14.9. The van der Waals surface area contributed by atoms with Crippen LogP contribution in [-0.4, -0.2) is 34.7 Å². The highest BCUT2D eigenvalue weighted by atomic mass is 19.1. The summed E-state index contributed by atoms with van der Waals surface area (Å²) in [7, 11) is 0. The third-order valence-corrected chi connectivity index (χ3v) is 3.58. The van der Waals surface area contributed by atoms with Gasteiger partial charge in [-0.2, -0.15) is 0 Å². The number of nitro benzene ring substituents is 1. The van der Waals surface area contributed by atoms with Crippen LogP contribution in [-0.2, 0) is 4.79 Å². The number of hydrogen-bond acceptors (Lipinski definition) is 4. The molecular formula is C13H14FN3O4. The van der Waals surface area contributed by atoms with E-state index < -0.39 is 28.2 Å². The van der Waals surface area contributed by atoms with E-state index in [2.05, 4.69) is 0 Å². The quantitative estimate of drug-likeness (QED) is 0.664. The maximum atomic E-state index is 13.8. The van der Waals surface area contributed by atoms with Crippen molar-refractivity contribution in [3.05, 3.63) is 39.7 Å². The molecular weight excluding hydrogens is 281 g/mol. The van der Waals surface area contributed by atoms with E-state index in [9.17, 15) is 24.1 Å². The van der Waals surface area contributed by atoms with Gasteiger partial charge in [0.05, 0.1) is 16.6 Å². The summed E-state index contributed by atoms with van der Waals surface area (Å²) in [4.78, 5) is 34.5. The van der Waals surface area contributed by atoms with E-state index in [1.165, 1.54) is 4.90 Å². The van der Waals surface area contributed by atoms with Gasteiger partial charge >= 0.3 is 0 Å². The van der Waals surface area contributed by atoms with Gasteiger partial charge in [0.15, 0.2) is 0 Å². The summed E-state index contributed by atoms with van der Waals surface area (Å²) < 4.78 is 13.8. The molecule has 0 aromatic heterocycles. The van der Waals surface area contributed by atoms with Gasteiger partial charge in [-0.3, -0.25) is 19.7 Å². The molecule has 8 heteroatoms. The first-order valence-corrected chi connectivity index (χ1v) is 6.42. The molecule has 2 rings (SSSR count). The highest BCUT2D eigenvalue weighted by Crippen LogP contribution is 2.22. The minimum atomic E-state index is -0.925. The maximum Gasteiger partial charge on any atom is 0.272 e. The van der Waals surface area contributed by atoms with Gasteiger partial charge in [-0.05, 0) is 18.9 Å². The molecule has 0 bridgehead atoms. The van der Waals surface area contributed by atoms with Crippen LogP contribution in [0, 0.1) is 21.8 Å². The monoisotopic (exact) mass is 295 g/mol. The molecule has 1 saturated heterocycles. The normalized spacial score (nSPS) is 15.8. The number of likely N-dealkylation sites (tertiary alicyclic amines) is 1. The highest BCUT2D eigenvalue weighted by Gasteiger charge is 2.28. The number of non-ortho nitro benzene ring substituents is 1. The smallest absolute Gasteiger partial charge is 0.272 e. The third-order valence-electron chi connectivity index (χ3n) is 3.58. The van der Waals surface area contributed by atoms with Gasteiger partial charge in [0.1, 0.15) is 5.82 Å². The molecule has 0 spiro atoms. The number of hydrogen-bond donors (Lipinski definition) is 1. The van der Waals surface area contributed by atoms with Crippen molar-refractivity contribution in [3.63, 3.8) is 0 Å². The van der Waals surface area contributed by atoms with Gasteiger partial charge in [-0.1, -0.05) is 0 Å². The maximum absolute atomic E-state index is 13.8. The topological polar surface area (TPSA) is 107 Å². The molecule has 0 aliphatic carbocycles. The Morgan fingerprint density at radius 1 is 1.33 bits per heavy atom. The molecule has 1 aliphatic rings. The van der Waals surface area contributed by atoms with E-state index in [1.807, 2.05) is 0 Å². The molecule has 1 heterocycles. The van der Waals surface area contributed by atoms with E-state index in [-0.39, 0.29) is 11.5 Å². The summed E-state index contributed by atoms with van der Waals surface area (Å²) in [6.07, 6.45) is 0.880. The molecule has 1 aliphatic heterocycles. The first-order chi connectivity index (χ1) is 9.90. The zero-order chi connectivity index (χ0) is 15.6. The van der Waals surface area contributed by atoms with Crippen LogP contribution in [0.25, 0.3) is 0 Å². The lowest BCUT2D eigenvalue weighted by molar-refractivity contribution is -0.385. The fourth-order valence-electron chi connectivity index (χ4n) is 2.33. The molecule has 0 atom stereocenters. The minimum Gasteiger partial charge on any atom is -0.369 e. The molecule has 2 amide bonds. The molecule has 7 nitrogen and oxygen atoms in total. The van der Waals surface area contributed by atoms with Gasteiger partial charge in [-0.25, -0.2) is 4.39 Å². The number of nitrogens with zero attached hydrogens (tertiary/aromatic N) is 2. The fourth-order valence-corrected chi connectivity index (χ4v) is 2.33. The van der Waals surface area contributed by atoms with Crippen LogP contribution in [0.2, 0.25) is 0 Å². The van der Waals surface area contributed by atoms with Crippen LogP contribution >= 0.6 is 0 Å². The molecule has 21 heavy (non-hydrogen) atoms. The molecule has 1 aromatic rings. The molecule has 0 saturated carbocycles. The summed E-state index contributed by atoms with van der Waals surface area (Å²) in [5.41, 5.74) is 4.59. The van der Waals surface area contributed by atoms with Crippen molar-refractivity contribution in [2.24, 2.45) is 11.7 Å². The van der Waals surface area contributed by atoms with E-state index in [0.29, 0.717) is 25.9 Å². The van der Waals surface area contributed by atoms with Crippen molar-refractivity contribution in [2.45, 2.75) is 12.8 Å². The summed E-state index contributed by atoms with van der Waals surface area (Å²) in [6.45, 7) is 0.617. The zero-order valence-electron chi connectivity index (χ0n) is 11.1. The Kier molecular flexibility index (Phi) is 4.15. The van der Waals surface area contributed by atoms with E-state index in [1.54, 1.807) is 0 Å². The van der Waals surface area contributed by atoms with Crippen LogP contribution in [0.3, 0.4) is 0 Å². The molecule has 112 valence electrons. The number of piperidine rings is 1. The number of nitrogens with two attached hydrogens (primary N) is 1. The molecule has 1 fully saturated rings. The summed E-state index contributed by atoms with van der Waals surface area (Å²) in [5, 5.41) is 10.5. The van der Waals surface area contributed by atoms with Crippen LogP contribution in [0.1, 0.15) is 23.2 Å². The van der Waals surface area contributed by atoms with E-state index in [4.69, 9.17) is 5.73 Å². The number of nitro groups is 1. The second-order valence-electron chi connectivity index (χ2n) is 4.89. The second-order valence-corrected chi connectivity index (χ2v) is 4.89. The van der Waals surface area contributed by atoms with Crippen molar-refractivity contribution in [1.29, 1.82) is 0 Å². The largest absolute Gasteiger partial charge is 0.369 e. The van der Waals surface area contributed by atoms with Gasteiger partial charge in [0, 0.05) is 25.1 Å². The number of carbonyl (C=O) groups excluding carboxylic acids is 2. The van der Waals surface area contributed by atoms with Crippen LogP contribution in [0.4, 0.5) is 10.1 Å². The number of amides is 2. The van der Waals surface area contributed by atoms with E-state index in [0.717, 1.165) is 18.2 Å². The number of primary amides is 1. The highest BCUT2D eigenvalue weighted by molar-refractivity contribution is 5.95. The standard InChI is InChI=1S/C13H14FN3O4/c14-11-7-9(17(20)21)1-2-10(11)13(19)16-5-3-8(4-6-16)12(15)18/h1-2,7-8H,3-6H2,(H2,15,18). The Morgan fingerprint density at radius 3 is 2.43 bits per heavy atom. The third kappa shape index (κ3) is 3.15. The predicted octanol–water partition coefficient (Wildman–Crippen LogP) is 1.07. The minimum absolute atomic E-state index is 0.210. The molecule has 0 radical (unpaired) electrons. The van der Waals surface area contributed by atoms with Crippen molar-refractivity contribution in [1.82, 2.24) is 4.90 Å². The van der Waals surface area contributed by atoms with Crippen LogP contribution in [0.5, 0.6) is 0 Å². The fraction of sp³-hybridized carbons (Fsp3) is 0.385. The number of carbonyl (C=O) groups is 2. The van der Waals surface area contributed by atoms with Crippen molar-refractivity contribution >= 4 is 17.5 Å². The zero-order valence-corrected chi connectivity index (χ0v) is 11.1. The average Bonchev–Trinajstić information content (AvgIpc) is 2.46. The summed E-state index contributed by atoms with van der Waals surface area (Å²) >= 11 is 0. The predicted molar refractivity (Wildman–Crippen MR) is 70.9 cm³/mol. The molecule has 2 N–H and O–H groups in total. The lowest BCUT2D eigenvalue weighted by Gasteiger charge is -2.30. The lowest BCUT2D eigenvalue weighted by atomic mass is 9.96. The van der Waals surface area contributed by atoms with Crippen molar-refractivity contribution < 1.29 is 18.9 Å². The Bertz CT molecular complexity index is 597. The summed E-state index contributed by atoms with van der Waals surface area (Å²) in [6, 6.07) is 2.92. The molecule has 0 unspecified atom stereocenters. The average molecular weight is 295 g/mol. The Labute approximate surface area is 119 Å². The number of halogens is 1. The Balaban J connectivity index is 2.11. The van der Waals surface area contributed by atoms with E-state index >= 15 is 0 Å². The van der Waals surface area contributed by atoms with Gasteiger partial charge in [0.2, 0.25) is 5.91 Å². The van der Waals surface area contributed by atoms with Gasteiger partial charge in [-0.15, -0.1) is 0 Å². The SMILES string of the molecule is NC(=O)C1CCN(C(=O)c2ccc([N+](=O)[O-])cc2F)CC1. The second kappa shape index (κ2) is 5.86. The van der Waals surface area contributed by atoms with Gasteiger partial charge in [0.25, 0.3) is 11.6 Å². The first-order valence-electron chi connectivity index (χ1n) is 6.42. The lowest BCUT2D eigenvalue weighted by Crippen LogP contribution is -2.42. The number of benzene rings is 1. The molecule has 1 aromatic carbocycles. The number of rotatable bonds is 3.